The van der Waals surface area contributed by atoms with Gasteiger partial charge in [0.1, 0.15) is 11.2 Å². The van der Waals surface area contributed by atoms with Crippen molar-refractivity contribution >= 4 is 29.3 Å². The highest BCUT2D eigenvalue weighted by molar-refractivity contribution is 6.30. The summed E-state index contributed by atoms with van der Waals surface area (Å²) in [5.41, 5.74) is 0.331. The average Bonchev–Trinajstić information content (AvgIpc) is 3.48. The lowest BCUT2D eigenvalue weighted by Crippen LogP contribution is -2.65. The maximum Gasteiger partial charge on any atom is 0.273 e. The molecule has 1 aliphatic heterocycles. The van der Waals surface area contributed by atoms with Gasteiger partial charge < -0.3 is 15.5 Å². The molecule has 34 heavy (non-hydrogen) atoms. The van der Waals surface area contributed by atoms with Crippen molar-refractivity contribution in [1.82, 2.24) is 25.3 Å². The van der Waals surface area contributed by atoms with Crippen LogP contribution in [0.1, 0.15) is 78.9 Å². The second kappa shape index (κ2) is 10.2. The van der Waals surface area contributed by atoms with Gasteiger partial charge >= 0.3 is 0 Å². The summed E-state index contributed by atoms with van der Waals surface area (Å²) in [6.07, 6.45) is 5.85. The van der Waals surface area contributed by atoms with Gasteiger partial charge in [-0.05, 0) is 43.9 Å². The van der Waals surface area contributed by atoms with E-state index in [1.54, 1.807) is 24.0 Å². The van der Waals surface area contributed by atoms with E-state index in [2.05, 4.69) is 22.7 Å². The van der Waals surface area contributed by atoms with Crippen molar-refractivity contribution in [2.75, 3.05) is 6.54 Å². The Kier molecular flexibility index (Phi) is 7.26. The van der Waals surface area contributed by atoms with E-state index in [0.717, 1.165) is 44.1 Å². The van der Waals surface area contributed by atoms with E-state index in [9.17, 15) is 14.4 Å². The van der Waals surface area contributed by atoms with Crippen LogP contribution in [0.25, 0.3) is 0 Å². The molecular weight excluding hydrogens is 454 g/mol. The zero-order chi connectivity index (χ0) is 24.3. The Morgan fingerprint density at radius 1 is 1.21 bits per heavy atom. The highest BCUT2D eigenvalue weighted by atomic mass is 35.5. The molecule has 0 unspecified atom stereocenters. The number of amides is 3. The number of carbonyl (C=O) groups is 3. The number of carbonyl (C=O) groups excluding carboxylic acids is 3. The highest BCUT2D eigenvalue weighted by Crippen LogP contribution is 2.29. The number of nitrogens with zero attached hydrogens (tertiary/aromatic N) is 3. The van der Waals surface area contributed by atoms with Crippen molar-refractivity contribution in [3.05, 3.63) is 52.3 Å². The summed E-state index contributed by atoms with van der Waals surface area (Å²) in [7, 11) is 0. The molecule has 0 saturated heterocycles. The molecule has 8 nitrogen and oxygen atoms in total. The van der Waals surface area contributed by atoms with Crippen LogP contribution in [-0.2, 0) is 17.9 Å². The van der Waals surface area contributed by atoms with Crippen molar-refractivity contribution in [2.24, 2.45) is 0 Å². The molecule has 2 N–H and O–H groups in total. The third kappa shape index (κ3) is 4.97. The second-order valence-electron chi connectivity index (χ2n) is 9.42. The van der Waals surface area contributed by atoms with Gasteiger partial charge in [0, 0.05) is 30.2 Å². The minimum absolute atomic E-state index is 0.153. The fourth-order valence-corrected chi connectivity index (χ4v) is 4.83. The molecule has 182 valence electrons. The van der Waals surface area contributed by atoms with Gasteiger partial charge in [-0.25, -0.2) is 0 Å². The fraction of sp³-hybridized carbons (Fsp3) is 0.520. The maximum atomic E-state index is 13.5. The first-order valence-corrected chi connectivity index (χ1v) is 12.4. The van der Waals surface area contributed by atoms with E-state index >= 15 is 0 Å². The van der Waals surface area contributed by atoms with Crippen LogP contribution < -0.4 is 10.6 Å². The normalized spacial score (nSPS) is 20.3. The number of aromatic nitrogens is 2. The van der Waals surface area contributed by atoms with Gasteiger partial charge in [0.25, 0.3) is 11.8 Å². The van der Waals surface area contributed by atoms with Crippen molar-refractivity contribution in [3.63, 3.8) is 0 Å². The van der Waals surface area contributed by atoms with Gasteiger partial charge in [0.2, 0.25) is 5.91 Å². The molecular formula is C25H32ClN5O3. The third-order valence-electron chi connectivity index (χ3n) is 6.81. The summed E-state index contributed by atoms with van der Waals surface area (Å²) in [6, 6.07) is 8.88. The quantitative estimate of drug-likeness (QED) is 0.597. The Hall–Kier alpha value is -2.87. The second-order valence-corrected chi connectivity index (χ2v) is 9.86. The predicted octanol–water partition coefficient (Wildman–Crippen LogP) is 3.54. The van der Waals surface area contributed by atoms with Crippen LogP contribution >= 0.6 is 11.6 Å². The molecule has 2 heterocycles. The minimum Gasteiger partial charge on any atom is -0.351 e. The standard InChI is InChI=1S/C25H32ClN5O3/c1-3-4-13-30-23(33)21-14-20(22(32)27-15-17-9-11-18(26)12-10-17)29-31(21)16-25(30,2)24(34)28-19-7-5-6-8-19/h9-12,14,19H,3-8,13,15-16H2,1-2H3,(H,27,32)(H,28,34)/t25-/m0/s1. The monoisotopic (exact) mass is 485 g/mol. The molecule has 0 radical (unpaired) electrons. The van der Waals surface area contributed by atoms with Gasteiger partial charge in [-0.2, -0.15) is 5.10 Å². The fourth-order valence-electron chi connectivity index (χ4n) is 4.70. The Bertz CT molecular complexity index is 1060. The molecule has 1 atom stereocenters. The number of fused-ring (bicyclic) bond motifs is 1. The first-order chi connectivity index (χ1) is 16.3. The summed E-state index contributed by atoms with van der Waals surface area (Å²) < 4.78 is 1.51. The molecule has 1 fully saturated rings. The molecule has 1 saturated carbocycles. The lowest BCUT2D eigenvalue weighted by atomic mass is 9.94. The topological polar surface area (TPSA) is 96.3 Å². The molecule has 1 aromatic heterocycles. The first-order valence-electron chi connectivity index (χ1n) is 12.0. The Morgan fingerprint density at radius 2 is 1.91 bits per heavy atom. The zero-order valence-electron chi connectivity index (χ0n) is 19.8. The van der Waals surface area contributed by atoms with E-state index in [-0.39, 0.29) is 36.0 Å². The summed E-state index contributed by atoms with van der Waals surface area (Å²) >= 11 is 5.91. The molecule has 4 rings (SSSR count). The molecule has 2 aromatic rings. The summed E-state index contributed by atoms with van der Waals surface area (Å²) in [5.74, 6) is -0.798. The Balaban J connectivity index is 1.53. The number of nitrogens with one attached hydrogen (secondary N) is 2. The highest BCUT2D eigenvalue weighted by Gasteiger charge is 2.48. The van der Waals surface area contributed by atoms with Gasteiger partial charge in [-0.3, -0.25) is 19.1 Å². The summed E-state index contributed by atoms with van der Waals surface area (Å²) in [5, 5.41) is 11.0. The van der Waals surface area contributed by atoms with Gasteiger partial charge in [-0.1, -0.05) is 49.9 Å². The smallest absolute Gasteiger partial charge is 0.273 e. The van der Waals surface area contributed by atoms with E-state index in [1.807, 2.05) is 12.1 Å². The zero-order valence-corrected chi connectivity index (χ0v) is 20.5. The van der Waals surface area contributed by atoms with Crippen LogP contribution in [0.3, 0.4) is 0 Å². The molecule has 0 bridgehead atoms. The molecule has 0 spiro atoms. The minimum atomic E-state index is -1.06. The molecule has 2 aliphatic rings. The van der Waals surface area contributed by atoms with Crippen LogP contribution in [0.2, 0.25) is 5.02 Å². The van der Waals surface area contributed by atoms with Crippen LogP contribution in [-0.4, -0.2) is 50.5 Å². The first kappa shape index (κ1) is 24.3. The number of hydrogen-bond acceptors (Lipinski definition) is 4. The number of rotatable bonds is 8. The Morgan fingerprint density at radius 3 is 2.59 bits per heavy atom. The third-order valence-corrected chi connectivity index (χ3v) is 7.06. The van der Waals surface area contributed by atoms with E-state index in [0.29, 0.717) is 23.8 Å². The number of benzene rings is 1. The number of unbranched alkanes of at least 4 members (excludes halogenated alkanes) is 1. The van der Waals surface area contributed by atoms with Crippen molar-refractivity contribution in [3.8, 4) is 0 Å². The van der Waals surface area contributed by atoms with Crippen LogP contribution in [0.5, 0.6) is 0 Å². The van der Waals surface area contributed by atoms with E-state index < -0.39 is 5.54 Å². The molecule has 1 aliphatic carbocycles. The predicted molar refractivity (Wildman–Crippen MR) is 130 cm³/mol. The van der Waals surface area contributed by atoms with E-state index in [4.69, 9.17) is 11.6 Å². The SMILES string of the molecule is CCCCN1C(=O)c2cc(C(=O)NCc3ccc(Cl)cc3)nn2C[C@@]1(C)C(=O)NC1CCCC1. The molecule has 9 heteroatoms. The van der Waals surface area contributed by atoms with Crippen LogP contribution in [0, 0.1) is 0 Å². The maximum absolute atomic E-state index is 13.5. The lowest BCUT2D eigenvalue weighted by molar-refractivity contribution is -0.133. The largest absolute Gasteiger partial charge is 0.351 e. The van der Waals surface area contributed by atoms with Gasteiger partial charge in [0.05, 0.1) is 6.54 Å². The van der Waals surface area contributed by atoms with Crippen LogP contribution in [0.15, 0.2) is 30.3 Å². The Labute approximate surface area is 205 Å². The number of halogens is 1. The number of hydrogen-bond donors (Lipinski definition) is 2. The van der Waals surface area contributed by atoms with Crippen molar-refractivity contribution in [2.45, 2.75) is 77.0 Å². The molecule has 1 aromatic carbocycles. The van der Waals surface area contributed by atoms with Crippen molar-refractivity contribution in [1.29, 1.82) is 0 Å². The summed E-state index contributed by atoms with van der Waals surface area (Å²) in [4.78, 5) is 41.3. The van der Waals surface area contributed by atoms with Gasteiger partial charge in [0.15, 0.2) is 5.69 Å². The van der Waals surface area contributed by atoms with Gasteiger partial charge in [-0.15, -0.1) is 0 Å². The molecule has 3 amide bonds. The average molecular weight is 486 g/mol. The summed E-state index contributed by atoms with van der Waals surface area (Å²) in [6.45, 7) is 4.86. The lowest BCUT2D eigenvalue weighted by Gasteiger charge is -2.43. The van der Waals surface area contributed by atoms with Crippen molar-refractivity contribution < 1.29 is 14.4 Å². The van der Waals surface area contributed by atoms with Crippen LogP contribution in [0.4, 0.5) is 0 Å². The van der Waals surface area contributed by atoms with E-state index in [1.165, 1.54) is 10.7 Å².